The summed E-state index contributed by atoms with van der Waals surface area (Å²) < 4.78 is 26.3. The highest BCUT2D eigenvalue weighted by Crippen LogP contribution is 2.25. The maximum atomic E-state index is 12.4. The molecule has 0 radical (unpaired) electrons. The zero-order valence-electron chi connectivity index (χ0n) is 10.9. The second-order valence-electron chi connectivity index (χ2n) is 4.56. The number of nitrogens with zero attached hydrogens (tertiary/aromatic N) is 2. The van der Waals surface area contributed by atoms with Crippen LogP contribution in [0.2, 0.25) is 0 Å². The minimum Gasteiger partial charge on any atom is -0.506 e. The van der Waals surface area contributed by atoms with E-state index >= 15 is 0 Å². The number of nitrogen functional groups attached to an aromatic ring is 1. The zero-order valence-corrected chi connectivity index (χ0v) is 11.7. The second kappa shape index (κ2) is 5.36. The number of piperazine rings is 1. The van der Waals surface area contributed by atoms with Gasteiger partial charge < -0.3 is 15.7 Å². The van der Waals surface area contributed by atoms with Gasteiger partial charge in [-0.2, -0.15) is 4.31 Å². The Morgan fingerprint density at radius 2 is 1.89 bits per heavy atom. The molecule has 0 aromatic heterocycles. The van der Waals surface area contributed by atoms with E-state index in [9.17, 15) is 13.5 Å². The van der Waals surface area contributed by atoms with Gasteiger partial charge in [0.2, 0.25) is 10.0 Å². The third-order valence-corrected chi connectivity index (χ3v) is 5.31. The molecule has 1 aliphatic rings. The fraction of sp³-hybridized carbons (Fsp3) is 0.500. The predicted molar refractivity (Wildman–Crippen MR) is 73.4 cm³/mol. The molecule has 2 rings (SSSR count). The summed E-state index contributed by atoms with van der Waals surface area (Å²) >= 11 is 0. The van der Waals surface area contributed by atoms with E-state index in [1.165, 1.54) is 22.5 Å². The maximum absolute atomic E-state index is 12.4. The fourth-order valence-electron chi connectivity index (χ4n) is 2.13. The number of phenols is 1. The molecule has 0 saturated carbocycles. The topological polar surface area (TPSA) is 86.9 Å². The molecule has 1 saturated heterocycles. The molecule has 106 valence electrons. The quantitative estimate of drug-likeness (QED) is 0.616. The van der Waals surface area contributed by atoms with Gasteiger partial charge in [0.1, 0.15) is 5.75 Å². The minimum atomic E-state index is -3.52. The van der Waals surface area contributed by atoms with Crippen molar-refractivity contribution in [3.05, 3.63) is 18.2 Å². The van der Waals surface area contributed by atoms with E-state index in [2.05, 4.69) is 11.8 Å². The van der Waals surface area contributed by atoms with Crippen LogP contribution in [0.4, 0.5) is 5.69 Å². The van der Waals surface area contributed by atoms with Crippen molar-refractivity contribution in [1.29, 1.82) is 0 Å². The molecule has 6 nitrogen and oxygen atoms in total. The van der Waals surface area contributed by atoms with Crippen LogP contribution in [0.1, 0.15) is 6.92 Å². The van der Waals surface area contributed by atoms with E-state index in [4.69, 9.17) is 5.73 Å². The van der Waals surface area contributed by atoms with E-state index in [-0.39, 0.29) is 16.3 Å². The van der Waals surface area contributed by atoms with Crippen molar-refractivity contribution in [2.24, 2.45) is 0 Å². The molecular formula is C12H19N3O3S. The monoisotopic (exact) mass is 285 g/mol. The third kappa shape index (κ3) is 2.83. The zero-order chi connectivity index (χ0) is 14.0. The van der Waals surface area contributed by atoms with Crippen molar-refractivity contribution in [2.45, 2.75) is 11.8 Å². The lowest BCUT2D eigenvalue weighted by molar-refractivity contribution is 0.196. The fourth-order valence-corrected chi connectivity index (χ4v) is 3.59. The predicted octanol–water partition coefficient (Wildman–Crippen LogP) is 0.301. The van der Waals surface area contributed by atoms with Gasteiger partial charge in [-0.05, 0) is 24.7 Å². The van der Waals surface area contributed by atoms with Gasteiger partial charge in [-0.1, -0.05) is 6.92 Å². The van der Waals surface area contributed by atoms with Crippen LogP contribution in [-0.4, -0.2) is 55.5 Å². The molecule has 0 spiro atoms. The first-order chi connectivity index (χ1) is 8.95. The van der Waals surface area contributed by atoms with E-state index < -0.39 is 10.0 Å². The van der Waals surface area contributed by atoms with Gasteiger partial charge in [-0.15, -0.1) is 0 Å². The summed E-state index contributed by atoms with van der Waals surface area (Å²) in [5.41, 5.74) is 5.63. The first kappa shape index (κ1) is 14.1. The van der Waals surface area contributed by atoms with Crippen molar-refractivity contribution in [3.63, 3.8) is 0 Å². The number of hydrogen-bond donors (Lipinski definition) is 2. The van der Waals surface area contributed by atoms with Crippen LogP contribution in [0.3, 0.4) is 0 Å². The van der Waals surface area contributed by atoms with Crippen LogP contribution >= 0.6 is 0 Å². The summed E-state index contributed by atoms with van der Waals surface area (Å²) in [5.74, 6) is -0.102. The van der Waals surface area contributed by atoms with Crippen molar-refractivity contribution in [2.75, 3.05) is 38.5 Å². The van der Waals surface area contributed by atoms with Gasteiger partial charge in [-0.3, -0.25) is 0 Å². The van der Waals surface area contributed by atoms with Gasteiger partial charge in [0, 0.05) is 26.2 Å². The van der Waals surface area contributed by atoms with Gasteiger partial charge in [0.15, 0.2) is 0 Å². The van der Waals surface area contributed by atoms with Gasteiger partial charge in [0.05, 0.1) is 10.6 Å². The summed E-state index contributed by atoms with van der Waals surface area (Å²) in [6.07, 6.45) is 0. The average Bonchev–Trinajstić information content (AvgIpc) is 2.41. The summed E-state index contributed by atoms with van der Waals surface area (Å²) in [7, 11) is -3.52. The largest absolute Gasteiger partial charge is 0.506 e. The third-order valence-electron chi connectivity index (χ3n) is 3.42. The number of benzene rings is 1. The normalized spacial score (nSPS) is 18.6. The number of sulfonamides is 1. The molecule has 0 amide bonds. The molecule has 7 heteroatoms. The van der Waals surface area contributed by atoms with Crippen LogP contribution in [-0.2, 0) is 10.0 Å². The number of nitrogens with two attached hydrogens (primary N) is 1. The number of hydrogen-bond acceptors (Lipinski definition) is 5. The highest BCUT2D eigenvalue weighted by atomic mass is 32.2. The molecule has 0 bridgehead atoms. The smallest absolute Gasteiger partial charge is 0.243 e. The van der Waals surface area contributed by atoms with E-state index in [0.717, 1.165) is 19.6 Å². The molecule has 0 atom stereocenters. The van der Waals surface area contributed by atoms with Crippen LogP contribution < -0.4 is 5.73 Å². The van der Waals surface area contributed by atoms with Crippen molar-refractivity contribution in [3.8, 4) is 5.75 Å². The Balaban J connectivity index is 2.21. The SMILES string of the molecule is CCN1CCN(S(=O)(=O)c2ccc(O)c(N)c2)CC1. The molecular weight excluding hydrogens is 266 g/mol. The lowest BCUT2D eigenvalue weighted by atomic mass is 10.3. The van der Waals surface area contributed by atoms with E-state index in [1.807, 2.05) is 0 Å². The summed E-state index contributed by atoms with van der Waals surface area (Å²) in [6, 6.07) is 3.99. The number of rotatable bonds is 3. The number of likely N-dealkylation sites (N-methyl/N-ethyl adjacent to an activating group) is 1. The number of phenolic OH excluding ortho intramolecular Hbond substituents is 1. The molecule has 1 aromatic rings. The van der Waals surface area contributed by atoms with E-state index in [0.29, 0.717) is 13.1 Å². The number of aromatic hydroxyl groups is 1. The first-order valence-corrected chi connectivity index (χ1v) is 7.70. The minimum absolute atomic E-state index is 0.0771. The van der Waals surface area contributed by atoms with Crippen LogP contribution in [0.5, 0.6) is 5.75 Å². The Kier molecular flexibility index (Phi) is 3.98. The molecule has 1 fully saturated rings. The summed E-state index contributed by atoms with van der Waals surface area (Å²) in [4.78, 5) is 2.34. The Labute approximate surface area is 113 Å². The highest BCUT2D eigenvalue weighted by Gasteiger charge is 2.28. The standard InChI is InChI=1S/C12H19N3O3S/c1-2-14-5-7-15(8-6-14)19(17,18)10-3-4-12(16)11(13)9-10/h3-4,9,16H,2,5-8,13H2,1H3. The molecule has 1 heterocycles. The van der Waals surface area contributed by atoms with E-state index in [1.54, 1.807) is 0 Å². The lowest BCUT2D eigenvalue weighted by Crippen LogP contribution is -2.48. The van der Waals surface area contributed by atoms with Crippen molar-refractivity contribution >= 4 is 15.7 Å². The number of anilines is 1. The Morgan fingerprint density at radius 1 is 1.26 bits per heavy atom. The summed E-state index contributed by atoms with van der Waals surface area (Å²) in [6.45, 7) is 5.44. The van der Waals surface area contributed by atoms with Crippen LogP contribution in [0.15, 0.2) is 23.1 Å². The first-order valence-electron chi connectivity index (χ1n) is 6.26. The molecule has 0 unspecified atom stereocenters. The Hall–Kier alpha value is -1.31. The lowest BCUT2D eigenvalue weighted by Gasteiger charge is -2.33. The Morgan fingerprint density at radius 3 is 2.42 bits per heavy atom. The average molecular weight is 285 g/mol. The molecule has 3 N–H and O–H groups in total. The van der Waals surface area contributed by atoms with Crippen molar-refractivity contribution < 1.29 is 13.5 Å². The van der Waals surface area contributed by atoms with Crippen molar-refractivity contribution in [1.82, 2.24) is 9.21 Å². The van der Waals surface area contributed by atoms with Gasteiger partial charge in [0.25, 0.3) is 0 Å². The molecule has 0 aliphatic carbocycles. The molecule has 19 heavy (non-hydrogen) atoms. The molecule has 1 aromatic carbocycles. The van der Waals surface area contributed by atoms with Gasteiger partial charge in [-0.25, -0.2) is 8.42 Å². The highest BCUT2D eigenvalue weighted by molar-refractivity contribution is 7.89. The maximum Gasteiger partial charge on any atom is 0.243 e. The Bertz CT molecular complexity index is 551. The van der Waals surface area contributed by atoms with Crippen LogP contribution in [0, 0.1) is 0 Å². The van der Waals surface area contributed by atoms with Gasteiger partial charge >= 0.3 is 0 Å². The van der Waals surface area contributed by atoms with Crippen LogP contribution in [0.25, 0.3) is 0 Å². The molecule has 1 aliphatic heterocycles. The second-order valence-corrected chi connectivity index (χ2v) is 6.50. The summed E-state index contributed by atoms with van der Waals surface area (Å²) in [5, 5.41) is 9.35.